The molecule has 0 aliphatic carbocycles. The average molecular weight is 237 g/mol. The van der Waals surface area contributed by atoms with E-state index in [-0.39, 0.29) is 16.3 Å². The van der Waals surface area contributed by atoms with Crippen molar-refractivity contribution in [1.29, 1.82) is 0 Å². The summed E-state index contributed by atoms with van der Waals surface area (Å²) in [5.74, 6) is -0.964. The molecule has 16 heavy (non-hydrogen) atoms. The van der Waals surface area contributed by atoms with E-state index in [1.807, 2.05) is 0 Å². The van der Waals surface area contributed by atoms with Crippen molar-refractivity contribution in [3.8, 4) is 0 Å². The van der Waals surface area contributed by atoms with Crippen molar-refractivity contribution >= 4 is 17.4 Å². The van der Waals surface area contributed by atoms with E-state index in [1.165, 1.54) is 30.7 Å². The second-order valence-corrected chi connectivity index (χ2v) is 3.45. The molecule has 0 bridgehead atoms. The molecule has 0 aliphatic rings. The van der Waals surface area contributed by atoms with E-state index in [1.54, 1.807) is 0 Å². The highest BCUT2D eigenvalue weighted by molar-refractivity contribution is 6.34. The molecule has 0 atom stereocenters. The summed E-state index contributed by atoms with van der Waals surface area (Å²) in [6.07, 6.45) is 4.15. The van der Waals surface area contributed by atoms with Crippen LogP contribution in [0.25, 0.3) is 0 Å². The first-order valence-electron chi connectivity index (χ1n) is 4.44. The lowest BCUT2D eigenvalue weighted by atomic mass is 10.1. The van der Waals surface area contributed by atoms with Crippen molar-refractivity contribution in [1.82, 2.24) is 9.97 Å². The van der Waals surface area contributed by atoms with Gasteiger partial charge in [-0.25, -0.2) is 9.37 Å². The van der Waals surface area contributed by atoms with Gasteiger partial charge in [0.15, 0.2) is 0 Å². The summed E-state index contributed by atoms with van der Waals surface area (Å²) in [7, 11) is 0. The second kappa shape index (κ2) is 4.37. The van der Waals surface area contributed by atoms with Crippen LogP contribution in [0, 0.1) is 5.82 Å². The van der Waals surface area contributed by atoms with Crippen molar-refractivity contribution < 1.29 is 9.18 Å². The predicted octanol–water partition coefficient (Wildman–Crippen LogP) is 2.50. The molecule has 0 saturated carbocycles. The van der Waals surface area contributed by atoms with Gasteiger partial charge in [0.05, 0.1) is 11.2 Å². The predicted molar refractivity (Wildman–Crippen MR) is 56.9 cm³/mol. The zero-order chi connectivity index (χ0) is 11.5. The lowest BCUT2D eigenvalue weighted by molar-refractivity contribution is 0.103. The maximum Gasteiger partial charge on any atom is 0.214 e. The van der Waals surface area contributed by atoms with Gasteiger partial charge < -0.3 is 0 Å². The molecular weight excluding hydrogens is 231 g/mol. The Morgan fingerprint density at radius 3 is 2.81 bits per heavy atom. The van der Waals surface area contributed by atoms with Crippen LogP contribution in [0.5, 0.6) is 0 Å². The lowest BCUT2D eigenvalue weighted by Gasteiger charge is -2.02. The number of rotatable bonds is 2. The van der Waals surface area contributed by atoms with Gasteiger partial charge in [-0.1, -0.05) is 11.6 Å². The van der Waals surface area contributed by atoms with Gasteiger partial charge in [-0.15, -0.1) is 0 Å². The molecule has 0 amide bonds. The van der Waals surface area contributed by atoms with Gasteiger partial charge in [-0.05, 0) is 18.2 Å². The molecule has 2 aromatic rings. The number of hydrogen-bond acceptors (Lipinski definition) is 3. The minimum atomic E-state index is -0.517. The summed E-state index contributed by atoms with van der Waals surface area (Å²) in [5.41, 5.74) is 0.220. The number of nitrogens with zero attached hydrogens (tertiary/aromatic N) is 2. The normalized spacial score (nSPS) is 10.1. The Labute approximate surface area is 95.9 Å². The Kier molecular flexibility index (Phi) is 2.92. The Morgan fingerprint density at radius 1 is 1.31 bits per heavy atom. The molecule has 1 heterocycles. The van der Waals surface area contributed by atoms with Crippen molar-refractivity contribution in [3.05, 3.63) is 58.9 Å². The van der Waals surface area contributed by atoms with Crippen LogP contribution < -0.4 is 0 Å². The van der Waals surface area contributed by atoms with Gasteiger partial charge >= 0.3 is 0 Å². The van der Waals surface area contributed by atoms with Gasteiger partial charge in [-0.2, -0.15) is 0 Å². The van der Waals surface area contributed by atoms with Crippen molar-refractivity contribution in [2.24, 2.45) is 0 Å². The van der Waals surface area contributed by atoms with Crippen LogP contribution in [-0.2, 0) is 0 Å². The van der Waals surface area contributed by atoms with E-state index < -0.39 is 11.6 Å². The summed E-state index contributed by atoms with van der Waals surface area (Å²) in [4.78, 5) is 19.5. The highest BCUT2D eigenvalue weighted by Crippen LogP contribution is 2.19. The average Bonchev–Trinajstić information content (AvgIpc) is 2.32. The highest BCUT2D eigenvalue weighted by atomic mass is 35.5. The molecular formula is C11H6ClFN2O. The molecule has 0 fully saturated rings. The van der Waals surface area contributed by atoms with E-state index in [0.717, 1.165) is 6.07 Å². The second-order valence-electron chi connectivity index (χ2n) is 3.04. The van der Waals surface area contributed by atoms with Gasteiger partial charge in [-0.3, -0.25) is 9.78 Å². The van der Waals surface area contributed by atoms with Crippen molar-refractivity contribution in [3.63, 3.8) is 0 Å². The zero-order valence-corrected chi connectivity index (χ0v) is 8.78. The van der Waals surface area contributed by atoms with Crippen LogP contribution in [-0.4, -0.2) is 15.8 Å². The van der Waals surface area contributed by atoms with E-state index >= 15 is 0 Å². The molecule has 1 aromatic heterocycles. The van der Waals surface area contributed by atoms with Gasteiger partial charge in [0.25, 0.3) is 0 Å². The minimum absolute atomic E-state index is 0.0853. The molecule has 1 aromatic carbocycles. The molecule has 0 N–H and O–H groups in total. The maximum absolute atomic E-state index is 13.0. The third kappa shape index (κ3) is 2.06. The SMILES string of the molecule is O=C(c1cnccn1)c1cc(F)ccc1Cl. The summed E-state index contributed by atoms with van der Waals surface area (Å²) in [6, 6.07) is 3.61. The van der Waals surface area contributed by atoms with Gasteiger partial charge in [0.1, 0.15) is 11.5 Å². The standard InChI is InChI=1S/C11H6ClFN2O/c12-9-2-1-7(13)5-8(9)11(16)10-6-14-3-4-15-10/h1-6H. The monoisotopic (exact) mass is 236 g/mol. The molecule has 0 saturated heterocycles. The number of carbonyl (C=O) groups is 1. The molecule has 0 unspecified atom stereocenters. The summed E-state index contributed by atoms with van der Waals surface area (Å²) in [5, 5.41) is 0.192. The van der Waals surface area contributed by atoms with Crippen molar-refractivity contribution in [2.45, 2.75) is 0 Å². The molecule has 0 radical (unpaired) electrons. The van der Waals surface area contributed by atoms with Crippen molar-refractivity contribution in [2.75, 3.05) is 0 Å². The number of halogens is 2. The van der Waals surface area contributed by atoms with Crippen LogP contribution in [0.15, 0.2) is 36.8 Å². The number of carbonyl (C=O) groups excluding carboxylic acids is 1. The van der Waals surface area contributed by atoms with Crippen LogP contribution in [0.1, 0.15) is 16.1 Å². The van der Waals surface area contributed by atoms with E-state index in [4.69, 9.17) is 11.6 Å². The fourth-order valence-corrected chi connectivity index (χ4v) is 1.43. The lowest BCUT2D eigenvalue weighted by Crippen LogP contribution is -2.05. The smallest absolute Gasteiger partial charge is 0.214 e. The molecule has 80 valence electrons. The Morgan fingerprint density at radius 2 is 2.12 bits per heavy atom. The number of aromatic nitrogens is 2. The van der Waals surface area contributed by atoms with Crippen LogP contribution in [0.2, 0.25) is 5.02 Å². The largest absolute Gasteiger partial charge is 0.287 e. The third-order valence-electron chi connectivity index (χ3n) is 1.97. The molecule has 5 heteroatoms. The first kappa shape index (κ1) is 10.7. The van der Waals surface area contributed by atoms with E-state index in [2.05, 4.69) is 9.97 Å². The van der Waals surface area contributed by atoms with Gasteiger partial charge in [0.2, 0.25) is 5.78 Å². The highest BCUT2D eigenvalue weighted by Gasteiger charge is 2.14. The molecule has 0 aliphatic heterocycles. The van der Waals surface area contributed by atoms with E-state index in [0.29, 0.717) is 0 Å². The number of hydrogen-bond donors (Lipinski definition) is 0. The Bertz CT molecular complexity index is 531. The fraction of sp³-hybridized carbons (Fsp3) is 0. The van der Waals surface area contributed by atoms with Crippen LogP contribution in [0.4, 0.5) is 4.39 Å². The third-order valence-corrected chi connectivity index (χ3v) is 2.30. The molecule has 3 nitrogen and oxygen atoms in total. The summed E-state index contributed by atoms with van der Waals surface area (Å²) < 4.78 is 13.0. The van der Waals surface area contributed by atoms with Crippen LogP contribution >= 0.6 is 11.6 Å². The Balaban J connectivity index is 2.46. The fourth-order valence-electron chi connectivity index (χ4n) is 1.23. The summed E-state index contributed by atoms with van der Waals surface area (Å²) >= 11 is 5.81. The molecule has 0 spiro atoms. The minimum Gasteiger partial charge on any atom is -0.287 e. The van der Waals surface area contributed by atoms with Gasteiger partial charge in [0, 0.05) is 18.0 Å². The van der Waals surface area contributed by atoms with E-state index in [9.17, 15) is 9.18 Å². The quantitative estimate of drug-likeness (QED) is 0.753. The first-order chi connectivity index (χ1) is 7.68. The number of benzene rings is 1. The number of ketones is 1. The topological polar surface area (TPSA) is 42.9 Å². The Hall–Kier alpha value is -1.81. The zero-order valence-electron chi connectivity index (χ0n) is 8.02. The first-order valence-corrected chi connectivity index (χ1v) is 4.82. The molecule has 2 rings (SSSR count). The summed E-state index contributed by atoms with van der Waals surface area (Å²) in [6.45, 7) is 0. The maximum atomic E-state index is 13.0. The van der Waals surface area contributed by atoms with Crippen LogP contribution in [0.3, 0.4) is 0 Å².